The summed E-state index contributed by atoms with van der Waals surface area (Å²) in [5.74, 6) is -2.48. The van der Waals surface area contributed by atoms with Crippen LogP contribution in [0.1, 0.15) is 27.6 Å². The summed E-state index contributed by atoms with van der Waals surface area (Å²) < 4.78 is 42.4. The summed E-state index contributed by atoms with van der Waals surface area (Å²) in [5, 5.41) is 11.3. The molecule has 0 aliphatic heterocycles. The summed E-state index contributed by atoms with van der Waals surface area (Å²) in [6.45, 7) is 3.26. The van der Waals surface area contributed by atoms with E-state index < -0.39 is 23.9 Å². The van der Waals surface area contributed by atoms with Crippen molar-refractivity contribution in [1.82, 2.24) is 25.3 Å². The van der Waals surface area contributed by atoms with Crippen LogP contribution in [0.5, 0.6) is 0 Å². The molecule has 0 radical (unpaired) electrons. The number of fused-ring (bicyclic) bond motifs is 1. The number of carbonyl (C=O) groups excluding carboxylic acids is 1. The number of alkyl halides is 3. The maximum atomic E-state index is 12.5. The van der Waals surface area contributed by atoms with E-state index in [1.165, 1.54) is 6.07 Å². The Hall–Kier alpha value is -2.98. The third-order valence-corrected chi connectivity index (χ3v) is 2.97. The molecular formula is C12H9F3N6O2. The fourth-order valence-electron chi connectivity index (χ4n) is 2.01. The number of carbonyl (C=O) groups is 1. The zero-order valence-electron chi connectivity index (χ0n) is 11.8. The van der Waals surface area contributed by atoms with E-state index in [0.717, 1.165) is 0 Å². The number of aryl methyl sites for hydroxylation is 2. The summed E-state index contributed by atoms with van der Waals surface area (Å²) in [5.41, 5.74) is 1.25. The van der Waals surface area contributed by atoms with Crippen LogP contribution in [0.4, 0.5) is 19.1 Å². The van der Waals surface area contributed by atoms with Gasteiger partial charge in [-0.2, -0.15) is 18.2 Å². The average Bonchev–Trinajstić information content (AvgIpc) is 3.05. The number of amides is 1. The van der Waals surface area contributed by atoms with Gasteiger partial charge in [0.2, 0.25) is 11.8 Å². The van der Waals surface area contributed by atoms with Crippen LogP contribution in [0.3, 0.4) is 0 Å². The molecule has 3 aromatic rings. The van der Waals surface area contributed by atoms with Crippen molar-refractivity contribution in [3.8, 4) is 0 Å². The van der Waals surface area contributed by atoms with Crippen LogP contribution in [0.15, 0.2) is 10.6 Å². The fraction of sp³-hybridized carbons (Fsp3) is 0.250. The zero-order chi connectivity index (χ0) is 16.8. The minimum atomic E-state index is -4.68. The number of pyridine rings is 1. The first kappa shape index (κ1) is 14.9. The van der Waals surface area contributed by atoms with E-state index in [9.17, 15) is 18.0 Å². The SMILES string of the molecule is Cc1cc(C(=O)Nc2n[nH]c(C(F)(F)F)n2)c2c(C)noc2n1. The molecule has 0 spiro atoms. The molecule has 0 aliphatic carbocycles. The summed E-state index contributed by atoms with van der Waals surface area (Å²) in [7, 11) is 0. The third kappa shape index (κ3) is 2.72. The second-order valence-corrected chi connectivity index (χ2v) is 4.72. The van der Waals surface area contributed by atoms with Gasteiger partial charge in [0.1, 0.15) is 0 Å². The van der Waals surface area contributed by atoms with Crippen LogP contribution in [0.2, 0.25) is 0 Å². The highest BCUT2D eigenvalue weighted by atomic mass is 19.4. The predicted molar refractivity (Wildman–Crippen MR) is 70.6 cm³/mol. The van der Waals surface area contributed by atoms with Crippen LogP contribution < -0.4 is 5.32 Å². The van der Waals surface area contributed by atoms with Crippen molar-refractivity contribution >= 4 is 23.0 Å². The fourth-order valence-corrected chi connectivity index (χ4v) is 2.01. The van der Waals surface area contributed by atoms with Crippen molar-refractivity contribution in [1.29, 1.82) is 0 Å². The molecule has 0 unspecified atom stereocenters. The van der Waals surface area contributed by atoms with Gasteiger partial charge >= 0.3 is 6.18 Å². The van der Waals surface area contributed by atoms with E-state index in [4.69, 9.17) is 4.52 Å². The van der Waals surface area contributed by atoms with Crippen molar-refractivity contribution in [3.63, 3.8) is 0 Å². The predicted octanol–water partition coefficient (Wildman–Crippen LogP) is 2.23. The number of halogens is 3. The molecule has 0 saturated carbocycles. The third-order valence-electron chi connectivity index (χ3n) is 2.97. The molecule has 0 aliphatic rings. The van der Waals surface area contributed by atoms with Crippen molar-refractivity contribution in [2.45, 2.75) is 20.0 Å². The molecule has 120 valence electrons. The van der Waals surface area contributed by atoms with Gasteiger partial charge in [-0.3, -0.25) is 15.2 Å². The Morgan fingerprint density at radius 1 is 1.30 bits per heavy atom. The number of hydrogen-bond acceptors (Lipinski definition) is 6. The van der Waals surface area contributed by atoms with Crippen LogP contribution >= 0.6 is 0 Å². The Morgan fingerprint density at radius 2 is 2.04 bits per heavy atom. The topological polar surface area (TPSA) is 110 Å². The summed E-state index contributed by atoms with van der Waals surface area (Å²) in [6.07, 6.45) is -4.68. The Labute approximate surface area is 126 Å². The molecule has 0 atom stereocenters. The van der Waals surface area contributed by atoms with Gasteiger partial charge in [-0.1, -0.05) is 5.16 Å². The Balaban J connectivity index is 1.95. The van der Waals surface area contributed by atoms with Gasteiger partial charge < -0.3 is 4.52 Å². The van der Waals surface area contributed by atoms with Crippen LogP contribution in [0, 0.1) is 13.8 Å². The second kappa shape index (κ2) is 5.04. The van der Waals surface area contributed by atoms with E-state index in [2.05, 4.69) is 25.5 Å². The summed E-state index contributed by atoms with van der Waals surface area (Å²) in [6, 6.07) is 1.47. The Kier molecular flexibility index (Phi) is 3.27. The molecule has 11 heteroatoms. The molecule has 3 aromatic heterocycles. The second-order valence-electron chi connectivity index (χ2n) is 4.72. The number of nitrogens with zero attached hydrogens (tertiary/aromatic N) is 4. The molecule has 0 bridgehead atoms. The quantitative estimate of drug-likeness (QED) is 0.747. The number of aromatic nitrogens is 5. The molecule has 3 rings (SSSR count). The van der Waals surface area contributed by atoms with Gasteiger partial charge in [-0.15, -0.1) is 5.10 Å². The minimum absolute atomic E-state index is 0.157. The smallest absolute Gasteiger partial charge is 0.336 e. The van der Waals surface area contributed by atoms with Crippen LogP contribution in [0.25, 0.3) is 11.1 Å². The lowest BCUT2D eigenvalue weighted by atomic mass is 10.1. The minimum Gasteiger partial charge on any atom is -0.336 e. The van der Waals surface area contributed by atoms with E-state index in [1.54, 1.807) is 18.9 Å². The average molecular weight is 326 g/mol. The lowest BCUT2D eigenvalue weighted by molar-refractivity contribution is -0.144. The van der Waals surface area contributed by atoms with Crippen molar-refractivity contribution < 1.29 is 22.5 Å². The molecule has 23 heavy (non-hydrogen) atoms. The van der Waals surface area contributed by atoms with Crippen LogP contribution in [-0.4, -0.2) is 31.2 Å². The molecule has 3 heterocycles. The molecule has 0 fully saturated rings. The molecule has 8 nitrogen and oxygen atoms in total. The van der Waals surface area contributed by atoms with Crippen molar-refractivity contribution in [2.75, 3.05) is 5.32 Å². The van der Waals surface area contributed by atoms with Gasteiger partial charge in [0.25, 0.3) is 11.6 Å². The van der Waals surface area contributed by atoms with Crippen molar-refractivity contribution in [2.24, 2.45) is 0 Å². The normalized spacial score (nSPS) is 11.9. The first-order valence-electron chi connectivity index (χ1n) is 6.30. The largest absolute Gasteiger partial charge is 0.451 e. The lowest BCUT2D eigenvalue weighted by Gasteiger charge is -2.03. The Morgan fingerprint density at radius 3 is 2.70 bits per heavy atom. The Bertz CT molecular complexity index is 898. The highest BCUT2D eigenvalue weighted by Crippen LogP contribution is 2.27. The van der Waals surface area contributed by atoms with Gasteiger partial charge in [0.15, 0.2) is 0 Å². The van der Waals surface area contributed by atoms with Gasteiger partial charge in [0.05, 0.1) is 16.6 Å². The zero-order valence-corrected chi connectivity index (χ0v) is 11.8. The highest BCUT2D eigenvalue weighted by molar-refractivity contribution is 6.11. The standard InChI is InChI=1S/C12H9F3N6O2/c1-4-3-6(7-5(2)21-23-9(7)16-4)8(22)17-11-18-10(19-20-11)12(13,14)15/h3H,1-2H3,(H2,17,18,19,20,22). The molecule has 0 aromatic carbocycles. The van der Waals surface area contributed by atoms with Gasteiger partial charge in [-0.05, 0) is 19.9 Å². The number of nitrogens with one attached hydrogen (secondary N) is 2. The number of H-pyrrole nitrogens is 1. The van der Waals surface area contributed by atoms with Crippen LogP contribution in [-0.2, 0) is 6.18 Å². The monoisotopic (exact) mass is 326 g/mol. The first-order valence-corrected chi connectivity index (χ1v) is 6.30. The van der Waals surface area contributed by atoms with Crippen molar-refractivity contribution in [3.05, 3.63) is 28.8 Å². The number of anilines is 1. The number of aromatic amines is 1. The van der Waals surface area contributed by atoms with Gasteiger partial charge in [-0.25, -0.2) is 4.98 Å². The maximum Gasteiger partial charge on any atom is 0.451 e. The first-order chi connectivity index (χ1) is 10.8. The van der Waals surface area contributed by atoms with E-state index in [0.29, 0.717) is 16.8 Å². The lowest BCUT2D eigenvalue weighted by Crippen LogP contribution is -2.14. The summed E-state index contributed by atoms with van der Waals surface area (Å²) in [4.78, 5) is 19.6. The van der Waals surface area contributed by atoms with E-state index in [-0.39, 0.29) is 11.3 Å². The van der Waals surface area contributed by atoms with E-state index >= 15 is 0 Å². The maximum absolute atomic E-state index is 12.5. The highest BCUT2D eigenvalue weighted by Gasteiger charge is 2.35. The number of rotatable bonds is 2. The number of hydrogen-bond donors (Lipinski definition) is 2. The summed E-state index contributed by atoms with van der Waals surface area (Å²) >= 11 is 0. The van der Waals surface area contributed by atoms with Gasteiger partial charge in [0, 0.05) is 5.69 Å². The molecule has 2 N–H and O–H groups in total. The molecule has 0 saturated heterocycles. The van der Waals surface area contributed by atoms with E-state index in [1.807, 2.05) is 0 Å². The molecule has 1 amide bonds. The molecular weight excluding hydrogens is 317 g/mol.